The summed E-state index contributed by atoms with van der Waals surface area (Å²) in [4.78, 5) is 13.0. The summed E-state index contributed by atoms with van der Waals surface area (Å²) >= 11 is 23.8. The molecule has 3 N–H and O–H groups in total. The van der Waals surface area contributed by atoms with Crippen molar-refractivity contribution in [3.05, 3.63) is 60.2 Å². The fourth-order valence-corrected chi connectivity index (χ4v) is 3.81. The fourth-order valence-electron chi connectivity index (χ4n) is 3.25. The third-order valence-corrected chi connectivity index (χ3v) is 5.72. The van der Waals surface area contributed by atoms with Crippen LogP contribution in [0, 0.1) is 0 Å². The highest BCUT2D eigenvalue weighted by atomic mass is 35.6. The number of amides is 1. The van der Waals surface area contributed by atoms with Gasteiger partial charge in [0.2, 0.25) is 9.54 Å². The fraction of sp³-hybridized carbons (Fsp3) is 0.217. The van der Waals surface area contributed by atoms with Crippen LogP contribution >= 0.6 is 47.0 Å². The first kappa shape index (κ1) is 26.0. The van der Waals surface area contributed by atoms with Crippen molar-refractivity contribution >= 4 is 74.5 Å². The summed E-state index contributed by atoms with van der Waals surface area (Å²) in [6.45, 7) is 0. The summed E-state index contributed by atoms with van der Waals surface area (Å²) in [5, 5.41) is 10.7. The molecule has 0 saturated carbocycles. The van der Waals surface area contributed by atoms with Crippen LogP contribution in [0.4, 0.5) is 5.69 Å². The second kappa shape index (κ2) is 11.2. The molecule has 0 saturated heterocycles. The van der Waals surface area contributed by atoms with E-state index in [1.807, 2.05) is 42.5 Å². The van der Waals surface area contributed by atoms with Gasteiger partial charge in [-0.3, -0.25) is 4.79 Å². The highest BCUT2D eigenvalue weighted by Crippen LogP contribution is 2.38. The first-order chi connectivity index (χ1) is 16.2. The molecule has 7 nitrogen and oxygen atoms in total. The van der Waals surface area contributed by atoms with E-state index in [-0.39, 0.29) is 10.7 Å². The zero-order chi connectivity index (χ0) is 24.9. The molecule has 3 rings (SSSR count). The molecular formula is C23H22Cl3N3O4S. The first-order valence-corrected chi connectivity index (χ1v) is 11.4. The van der Waals surface area contributed by atoms with Gasteiger partial charge in [0.05, 0.1) is 21.3 Å². The van der Waals surface area contributed by atoms with E-state index in [4.69, 9.17) is 61.2 Å². The second-order valence-electron chi connectivity index (χ2n) is 6.99. The predicted molar refractivity (Wildman–Crippen MR) is 141 cm³/mol. The van der Waals surface area contributed by atoms with Crippen LogP contribution in [0.3, 0.4) is 0 Å². The van der Waals surface area contributed by atoms with Crippen LogP contribution in [0.2, 0.25) is 0 Å². The van der Waals surface area contributed by atoms with Crippen molar-refractivity contribution in [2.45, 2.75) is 9.96 Å². The van der Waals surface area contributed by atoms with Gasteiger partial charge < -0.3 is 30.2 Å². The topological polar surface area (TPSA) is 80.9 Å². The zero-order valence-corrected chi connectivity index (χ0v) is 21.5. The molecule has 0 spiro atoms. The molecule has 1 atom stereocenters. The average molecular weight is 543 g/mol. The van der Waals surface area contributed by atoms with E-state index in [0.29, 0.717) is 17.2 Å². The van der Waals surface area contributed by atoms with Crippen molar-refractivity contribution in [1.29, 1.82) is 0 Å². The molecule has 0 heterocycles. The van der Waals surface area contributed by atoms with Gasteiger partial charge in [0.15, 0.2) is 16.6 Å². The van der Waals surface area contributed by atoms with E-state index in [9.17, 15) is 4.79 Å². The third kappa shape index (κ3) is 6.07. The Hall–Kier alpha value is -2.65. The van der Waals surface area contributed by atoms with Gasteiger partial charge in [0, 0.05) is 16.6 Å². The van der Waals surface area contributed by atoms with Gasteiger partial charge in [-0.25, -0.2) is 0 Å². The summed E-state index contributed by atoms with van der Waals surface area (Å²) in [6, 6.07) is 16.5. The maximum Gasteiger partial charge on any atom is 0.253 e. The summed E-state index contributed by atoms with van der Waals surface area (Å²) in [6.07, 6.45) is -1.17. The molecule has 11 heteroatoms. The Balaban J connectivity index is 1.80. The third-order valence-electron chi connectivity index (χ3n) is 4.84. The van der Waals surface area contributed by atoms with Gasteiger partial charge in [0.1, 0.15) is 6.17 Å². The summed E-state index contributed by atoms with van der Waals surface area (Å²) in [5.41, 5.74) is 0.957. The van der Waals surface area contributed by atoms with Gasteiger partial charge in [-0.2, -0.15) is 0 Å². The number of hydrogen-bond donors (Lipinski definition) is 3. The number of hydrogen-bond acceptors (Lipinski definition) is 5. The van der Waals surface area contributed by atoms with Gasteiger partial charge in [0.25, 0.3) is 5.91 Å². The summed E-state index contributed by atoms with van der Waals surface area (Å²) in [7, 11) is 4.36. The minimum absolute atomic E-state index is 0.151. The van der Waals surface area contributed by atoms with E-state index < -0.39 is 15.9 Å². The molecule has 0 bridgehead atoms. The van der Waals surface area contributed by atoms with Crippen molar-refractivity contribution in [3.63, 3.8) is 0 Å². The van der Waals surface area contributed by atoms with Crippen LogP contribution in [0.25, 0.3) is 10.8 Å². The Morgan fingerprint density at radius 3 is 2.12 bits per heavy atom. The van der Waals surface area contributed by atoms with Gasteiger partial charge in [-0.1, -0.05) is 71.2 Å². The smallest absolute Gasteiger partial charge is 0.253 e. The highest BCUT2D eigenvalue weighted by Gasteiger charge is 2.35. The largest absolute Gasteiger partial charge is 0.493 e. The van der Waals surface area contributed by atoms with Gasteiger partial charge in [-0.15, -0.1) is 0 Å². The summed E-state index contributed by atoms with van der Waals surface area (Å²) in [5.74, 6) is 0.395. The Kier molecular flexibility index (Phi) is 8.54. The molecule has 0 aromatic heterocycles. The van der Waals surface area contributed by atoms with Crippen molar-refractivity contribution in [2.24, 2.45) is 0 Å². The molecule has 0 fully saturated rings. The van der Waals surface area contributed by atoms with Crippen LogP contribution < -0.4 is 30.2 Å². The lowest BCUT2D eigenvalue weighted by Gasteiger charge is -2.28. The van der Waals surface area contributed by atoms with E-state index >= 15 is 0 Å². The maximum atomic E-state index is 13.0. The van der Waals surface area contributed by atoms with Crippen LogP contribution in [0.15, 0.2) is 54.6 Å². The number of benzene rings is 3. The average Bonchev–Trinajstić information content (AvgIpc) is 2.82. The Labute approximate surface area is 217 Å². The molecule has 0 aliphatic carbocycles. The van der Waals surface area contributed by atoms with E-state index in [2.05, 4.69) is 16.0 Å². The second-order valence-corrected chi connectivity index (χ2v) is 9.76. The number of anilines is 1. The molecule has 3 aromatic rings. The normalized spacial score (nSPS) is 11.9. The van der Waals surface area contributed by atoms with Crippen molar-refractivity contribution in [2.75, 3.05) is 26.6 Å². The minimum atomic E-state index is -1.93. The van der Waals surface area contributed by atoms with Gasteiger partial charge >= 0.3 is 0 Å². The molecule has 0 aliphatic heterocycles. The van der Waals surface area contributed by atoms with Crippen LogP contribution in [0.5, 0.6) is 17.2 Å². The van der Waals surface area contributed by atoms with E-state index in [1.54, 1.807) is 0 Å². The van der Waals surface area contributed by atoms with Crippen molar-refractivity contribution in [3.8, 4) is 17.2 Å². The van der Waals surface area contributed by atoms with Gasteiger partial charge in [-0.05, 0) is 35.8 Å². The molecule has 0 radical (unpaired) electrons. The summed E-state index contributed by atoms with van der Waals surface area (Å²) < 4.78 is 14.0. The minimum Gasteiger partial charge on any atom is -0.493 e. The van der Waals surface area contributed by atoms with Crippen LogP contribution in [0.1, 0.15) is 10.4 Å². The number of ether oxygens (including phenoxy) is 3. The predicted octanol–water partition coefficient (Wildman–Crippen LogP) is 5.28. The van der Waals surface area contributed by atoms with Crippen molar-refractivity contribution < 1.29 is 19.0 Å². The maximum absolute atomic E-state index is 13.0. The lowest BCUT2D eigenvalue weighted by atomic mass is 10.1. The lowest BCUT2D eigenvalue weighted by Crippen LogP contribution is -2.56. The SMILES string of the molecule is COc1cc(C(=O)N[C@@H](NC(=S)Nc2cccc3ccccc23)C(Cl)(Cl)Cl)cc(OC)c1OC. The molecular weight excluding hydrogens is 521 g/mol. The van der Waals surface area contributed by atoms with Crippen LogP contribution in [-0.4, -0.2) is 42.3 Å². The molecule has 1 amide bonds. The van der Waals surface area contributed by atoms with Crippen molar-refractivity contribution in [1.82, 2.24) is 10.6 Å². The molecule has 180 valence electrons. The number of halogens is 3. The number of carbonyl (C=O) groups excluding carboxylic acids is 1. The number of carbonyl (C=O) groups is 1. The zero-order valence-electron chi connectivity index (χ0n) is 18.4. The number of rotatable bonds is 7. The first-order valence-electron chi connectivity index (χ1n) is 9.90. The lowest BCUT2D eigenvalue weighted by molar-refractivity contribution is 0.0933. The number of methoxy groups -OCH3 is 3. The molecule has 3 aromatic carbocycles. The Bertz CT molecular complexity index is 1170. The number of fused-ring (bicyclic) bond motifs is 1. The number of nitrogens with one attached hydrogen (secondary N) is 3. The number of thiocarbonyl (C=S) groups is 1. The highest BCUT2D eigenvalue weighted by molar-refractivity contribution is 7.80. The van der Waals surface area contributed by atoms with Crippen LogP contribution in [-0.2, 0) is 0 Å². The molecule has 34 heavy (non-hydrogen) atoms. The number of alkyl halides is 3. The van der Waals surface area contributed by atoms with E-state index in [0.717, 1.165) is 16.5 Å². The molecule has 0 aliphatic rings. The van der Waals surface area contributed by atoms with E-state index in [1.165, 1.54) is 33.5 Å². The standard InChI is InChI=1S/C23H22Cl3N3O4S/c1-31-17-11-14(12-18(32-2)19(17)33-3)20(30)28-21(23(24,25)26)29-22(34)27-16-10-6-8-13-7-4-5-9-15(13)16/h4-12,21H,1-3H3,(H,28,30)(H2,27,29,34)/t21-/m0/s1. The Morgan fingerprint density at radius 2 is 1.53 bits per heavy atom. The Morgan fingerprint density at radius 1 is 0.912 bits per heavy atom. The molecule has 0 unspecified atom stereocenters. The quantitative estimate of drug-likeness (QED) is 0.213. The monoisotopic (exact) mass is 541 g/mol.